The molecule has 1 aromatic carbocycles. The van der Waals surface area contributed by atoms with Crippen LogP contribution in [-0.4, -0.2) is 82.2 Å². The van der Waals surface area contributed by atoms with Gasteiger partial charge in [-0.15, -0.1) is 0 Å². The van der Waals surface area contributed by atoms with Crippen LogP contribution in [0.3, 0.4) is 0 Å². The first-order valence-corrected chi connectivity index (χ1v) is 16.1. The van der Waals surface area contributed by atoms with E-state index in [1.807, 2.05) is 18.0 Å². The summed E-state index contributed by atoms with van der Waals surface area (Å²) < 4.78 is 42.0. The fourth-order valence-electron chi connectivity index (χ4n) is 6.45. The van der Waals surface area contributed by atoms with Crippen molar-refractivity contribution in [1.82, 2.24) is 4.98 Å². The third-order valence-corrected chi connectivity index (χ3v) is 10.4. The van der Waals surface area contributed by atoms with Gasteiger partial charge in [-0.25, -0.2) is 17.8 Å². The standard InChI is InChI=1S/C29H39FN6O4S/c1-28(30)8-12-36(19-28)26-25-20(5-11-34(25)2)17-24(31-26)32-27(38)22-4-3-21(33-41(39,40)16-15-37)18-23(22)35-13-9-29(6-7-29)10-14-35/h3-4,17-18,33,37H,5-16,19H2,1-2H3,(H,31,32,38). The lowest BCUT2D eigenvalue weighted by molar-refractivity contribution is 0.102. The van der Waals surface area contributed by atoms with Crippen molar-refractivity contribution in [1.29, 1.82) is 0 Å². The molecule has 1 atom stereocenters. The zero-order valence-electron chi connectivity index (χ0n) is 23.7. The molecule has 3 aliphatic heterocycles. The summed E-state index contributed by atoms with van der Waals surface area (Å²) in [7, 11) is -1.71. The fraction of sp³-hybridized carbons (Fsp3) is 0.586. The van der Waals surface area contributed by atoms with Gasteiger partial charge in [-0.3, -0.25) is 9.52 Å². The molecule has 3 N–H and O–H groups in total. The number of halogens is 1. The smallest absolute Gasteiger partial charge is 0.258 e. The molecular weight excluding hydrogens is 547 g/mol. The van der Waals surface area contributed by atoms with Crippen molar-refractivity contribution in [3.8, 4) is 0 Å². The van der Waals surface area contributed by atoms with Crippen molar-refractivity contribution in [2.24, 2.45) is 5.41 Å². The molecular formula is C29H39FN6O4S. The lowest BCUT2D eigenvalue weighted by atomic mass is 9.93. The fourth-order valence-corrected chi connectivity index (χ4v) is 7.28. The summed E-state index contributed by atoms with van der Waals surface area (Å²) in [6.45, 7) is 4.36. The quantitative estimate of drug-likeness (QED) is 0.431. The highest BCUT2D eigenvalue weighted by atomic mass is 32.2. The number of sulfonamides is 1. The number of anilines is 5. The molecule has 12 heteroatoms. The van der Waals surface area contributed by atoms with Crippen LogP contribution in [0, 0.1) is 5.41 Å². The van der Waals surface area contributed by atoms with E-state index < -0.39 is 28.1 Å². The number of aromatic nitrogens is 1. The first-order chi connectivity index (χ1) is 19.5. The molecule has 41 heavy (non-hydrogen) atoms. The third kappa shape index (κ3) is 5.81. The summed E-state index contributed by atoms with van der Waals surface area (Å²) in [6.07, 6.45) is 5.82. The van der Waals surface area contributed by atoms with Crippen LogP contribution in [0.15, 0.2) is 24.3 Å². The van der Waals surface area contributed by atoms with Crippen molar-refractivity contribution in [3.05, 3.63) is 35.4 Å². The zero-order valence-corrected chi connectivity index (χ0v) is 24.6. The molecule has 1 unspecified atom stereocenters. The number of piperidine rings is 1. The number of amides is 1. The van der Waals surface area contributed by atoms with Crippen LogP contribution in [0.1, 0.15) is 54.9 Å². The monoisotopic (exact) mass is 586 g/mol. The van der Waals surface area contributed by atoms with Gasteiger partial charge in [0.15, 0.2) is 5.82 Å². The maximum Gasteiger partial charge on any atom is 0.258 e. The Morgan fingerprint density at radius 2 is 1.80 bits per heavy atom. The second kappa shape index (κ2) is 10.3. The van der Waals surface area contributed by atoms with E-state index in [0.717, 1.165) is 50.1 Å². The Labute approximate surface area is 241 Å². The first kappa shape index (κ1) is 28.0. The number of hydrogen-bond acceptors (Lipinski definition) is 8. The molecule has 1 aliphatic carbocycles. The number of pyridine rings is 1. The summed E-state index contributed by atoms with van der Waals surface area (Å²) in [4.78, 5) is 24.9. The zero-order chi connectivity index (χ0) is 29.0. The third-order valence-electron chi connectivity index (χ3n) is 9.11. The van der Waals surface area contributed by atoms with Gasteiger partial charge in [0.25, 0.3) is 5.91 Å². The molecule has 6 rings (SSSR count). The van der Waals surface area contributed by atoms with Crippen molar-refractivity contribution in [2.45, 2.75) is 51.1 Å². The van der Waals surface area contributed by atoms with E-state index in [1.54, 1.807) is 25.1 Å². The van der Waals surface area contributed by atoms with Crippen molar-refractivity contribution in [2.75, 3.05) is 76.9 Å². The predicted molar refractivity (Wildman–Crippen MR) is 160 cm³/mol. The van der Waals surface area contributed by atoms with Gasteiger partial charge in [-0.1, -0.05) is 0 Å². The number of fused-ring (bicyclic) bond motifs is 1. The normalized spacial score (nSPS) is 23.2. The molecule has 2 aromatic rings. The Morgan fingerprint density at radius 1 is 1.07 bits per heavy atom. The van der Waals surface area contributed by atoms with Crippen LogP contribution in [0.25, 0.3) is 0 Å². The maximum atomic E-state index is 14.8. The van der Waals surface area contributed by atoms with Crippen LogP contribution < -0.4 is 24.7 Å². The average molecular weight is 587 g/mol. The predicted octanol–water partition coefficient (Wildman–Crippen LogP) is 3.38. The Kier molecular flexibility index (Phi) is 7.04. The second-order valence-corrected chi connectivity index (χ2v) is 14.3. The molecule has 10 nitrogen and oxygen atoms in total. The van der Waals surface area contributed by atoms with Gasteiger partial charge in [0.05, 0.1) is 41.5 Å². The topological polar surface area (TPSA) is 118 Å². The Bertz CT molecular complexity index is 1450. The van der Waals surface area contributed by atoms with Gasteiger partial charge in [-0.05, 0) is 74.3 Å². The average Bonchev–Trinajstić information content (AvgIpc) is 3.40. The highest BCUT2D eigenvalue weighted by Gasteiger charge is 2.45. The number of rotatable bonds is 8. The van der Waals surface area contributed by atoms with Crippen LogP contribution >= 0.6 is 0 Å². The number of aliphatic hydroxyl groups is 1. The molecule has 0 radical (unpaired) electrons. The summed E-state index contributed by atoms with van der Waals surface area (Å²) in [5.41, 5.74) is 2.65. The number of benzene rings is 1. The molecule has 1 spiro atoms. The minimum absolute atomic E-state index is 0.256. The van der Waals surface area contributed by atoms with E-state index in [-0.39, 0.29) is 12.5 Å². The summed E-state index contributed by atoms with van der Waals surface area (Å²) in [6, 6.07) is 6.82. The second-order valence-electron chi connectivity index (χ2n) is 12.4. The van der Waals surface area contributed by atoms with Gasteiger partial charge >= 0.3 is 0 Å². The van der Waals surface area contributed by atoms with E-state index in [4.69, 9.17) is 10.1 Å². The van der Waals surface area contributed by atoms with E-state index in [0.29, 0.717) is 47.0 Å². The number of aliphatic hydroxyl groups excluding tert-OH is 1. The number of likely N-dealkylation sites (N-methyl/N-ethyl adjacent to an activating group) is 1. The van der Waals surface area contributed by atoms with Crippen molar-refractivity contribution in [3.63, 3.8) is 0 Å². The molecule has 3 fully saturated rings. The van der Waals surface area contributed by atoms with Crippen molar-refractivity contribution >= 4 is 44.6 Å². The summed E-state index contributed by atoms with van der Waals surface area (Å²) >= 11 is 0. The van der Waals surface area contributed by atoms with E-state index >= 15 is 0 Å². The van der Waals surface area contributed by atoms with Gasteiger partial charge < -0.3 is 25.1 Å². The highest BCUT2D eigenvalue weighted by Crippen LogP contribution is 2.54. The lowest BCUT2D eigenvalue weighted by Gasteiger charge is -2.35. The summed E-state index contributed by atoms with van der Waals surface area (Å²) in [5.74, 6) is 0.370. The van der Waals surface area contributed by atoms with E-state index in [9.17, 15) is 17.6 Å². The van der Waals surface area contributed by atoms with Gasteiger partial charge in [-0.2, -0.15) is 0 Å². The minimum Gasteiger partial charge on any atom is -0.395 e. The van der Waals surface area contributed by atoms with Crippen LogP contribution in [-0.2, 0) is 16.4 Å². The molecule has 1 amide bonds. The largest absolute Gasteiger partial charge is 0.395 e. The van der Waals surface area contributed by atoms with Crippen LogP contribution in [0.2, 0.25) is 0 Å². The van der Waals surface area contributed by atoms with Crippen LogP contribution in [0.4, 0.5) is 33.1 Å². The highest BCUT2D eigenvalue weighted by molar-refractivity contribution is 7.92. The molecule has 4 aliphatic rings. The van der Waals surface area contributed by atoms with E-state index in [2.05, 4.69) is 19.8 Å². The van der Waals surface area contributed by atoms with Gasteiger partial charge in [0, 0.05) is 39.6 Å². The Balaban J connectivity index is 1.30. The maximum absolute atomic E-state index is 14.8. The Hall–Kier alpha value is -3.12. The number of alkyl halides is 1. The van der Waals surface area contributed by atoms with E-state index in [1.165, 1.54) is 12.8 Å². The van der Waals surface area contributed by atoms with Crippen molar-refractivity contribution < 1.29 is 22.7 Å². The van der Waals surface area contributed by atoms with Gasteiger partial charge in [0.2, 0.25) is 10.0 Å². The Morgan fingerprint density at radius 3 is 2.46 bits per heavy atom. The lowest BCUT2D eigenvalue weighted by Crippen LogP contribution is -2.36. The molecule has 222 valence electrons. The summed E-state index contributed by atoms with van der Waals surface area (Å²) in [5, 5.41) is 12.1. The number of carbonyl (C=O) groups excluding carboxylic acids is 1. The molecule has 0 bridgehead atoms. The number of hydrogen-bond donors (Lipinski definition) is 3. The minimum atomic E-state index is -3.72. The number of nitrogens with one attached hydrogen (secondary N) is 2. The van der Waals surface area contributed by atoms with Gasteiger partial charge in [0.1, 0.15) is 11.5 Å². The first-order valence-electron chi connectivity index (χ1n) is 14.5. The molecule has 2 saturated heterocycles. The molecule has 1 aromatic heterocycles. The van der Waals surface area contributed by atoms with Crippen LogP contribution in [0.5, 0.6) is 0 Å². The molecule has 1 saturated carbocycles. The number of nitrogens with zero attached hydrogens (tertiary/aromatic N) is 4. The molecule has 4 heterocycles. The number of carbonyl (C=O) groups is 1. The SMILES string of the molecule is CN1CCc2cc(NC(=O)c3ccc(NS(=O)(=O)CCO)cc3N3CCC4(CC3)CC4)nc(N3CCC(C)(F)C3)c21.